The summed E-state index contributed by atoms with van der Waals surface area (Å²) >= 11 is 6.32. The zero-order valence-electron chi connectivity index (χ0n) is 23.2. The van der Waals surface area contributed by atoms with Gasteiger partial charge in [0.25, 0.3) is 5.91 Å². The minimum atomic E-state index is -0.711. The lowest BCUT2D eigenvalue weighted by atomic mass is 9.91. The molecule has 2 aliphatic heterocycles. The topological polar surface area (TPSA) is 82.5 Å². The standard InChI is InChI=1S/C32H29ClF2N6O.CH4/c1-32(36-2)13-4-14-41(18-32)30(42)19-7-10-22(11-8-19)39-31-38-17-20-16-37-29(27-25(34)5-3-6-26(27)35)24-15-21(33)9-12-23(24)28(20)40-31;/h3,5-12,15,17,36H,4,13-14,16,18H2,1-2H3,(H,38,39,40);1H4. The number of likely N-dealkylation sites (N-methyl/N-ethyl adjacent to an activating group) is 1. The number of aliphatic imine (C=N–C) groups is 1. The lowest BCUT2D eigenvalue weighted by Crippen LogP contribution is -2.55. The molecular weight excluding hydrogens is 570 g/mol. The predicted octanol–water partition coefficient (Wildman–Crippen LogP) is 7.02. The molecule has 0 saturated carbocycles. The van der Waals surface area contributed by atoms with Gasteiger partial charge in [0, 0.05) is 57.8 Å². The van der Waals surface area contributed by atoms with Crippen molar-refractivity contribution in [3.63, 3.8) is 0 Å². The van der Waals surface area contributed by atoms with Gasteiger partial charge < -0.3 is 15.5 Å². The minimum absolute atomic E-state index is 0. The third kappa shape index (κ3) is 6.00. The molecule has 2 aliphatic rings. The summed E-state index contributed by atoms with van der Waals surface area (Å²) in [5, 5.41) is 6.95. The van der Waals surface area contributed by atoms with Gasteiger partial charge in [-0.3, -0.25) is 9.79 Å². The molecule has 3 aromatic carbocycles. The van der Waals surface area contributed by atoms with Gasteiger partial charge in [-0.2, -0.15) is 0 Å². The van der Waals surface area contributed by atoms with Crippen LogP contribution in [0.4, 0.5) is 20.4 Å². The first kappa shape index (κ1) is 30.3. The van der Waals surface area contributed by atoms with Crippen LogP contribution in [0, 0.1) is 11.6 Å². The largest absolute Gasteiger partial charge is 0.337 e. The molecule has 1 unspecified atom stereocenters. The van der Waals surface area contributed by atoms with Crippen LogP contribution in [0.15, 0.2) is 71.9 Å². The van der Waals surface area contributed by atoms with Crippen molar-refractivity contribution >= 4 is 34.9 Å². The van der Waals surface area contributed by atoms with Crippen LogP contribution in [0.25, 0.3) is 11.3 Å². The third-order valence-corrected chi connectivity index (χ3v) is 8.17. The van der Waals surface area contributed by atoms with E-state index in [2.05, 4.69) is 27.5 Å². The summed E-state index contributed by atoms with van der Waals surface area (Å²) in [5.74, 6) is -1.09. The fourth-order valence-corrected chi connectivity index (χ4v) is 5.72. The normalized spacial score (nSPS) is 17.6. The van der Waals surface area contributed by atoms with Crippen LogP contribution in [-0.2, 0) is 6.54 Å². The molecule has 1 saturated heterocycles. The van der Waals surface area contributed by atoms with E-state index in [1.807, 2.05) is 24.1 Å². The lowest BCUT2D eigenvalue weighted by Gasteiger charge is -2.40. The summed E-state index contributed by atoms with van der Waals surface area (Å²) in [6.07, 6.45) is 3.64. The second-order valence-corrected chi connectivity index (χ2v) is 11.3. The number of hydrogen-bond acceptors (Lipinski definition) is 6. The Bertz CT molecular complexity index is 1690. The Balaban J connectivity index is 0.00000368. The van der Waals surface area contributed by atoms with Crippen molar-refractivity contribution in [2.75, 3.05) is 25.5 Å². The first-order valence-corrected chi connectivity index (χ1v) is 14.1. The van der Waals surface area contributed by atoms with Crippen molar-refractivity contribution in [2.45, 2.75) is 39.3 Å². The highest BCUT2D eigenvalue weighted by Gasteiger charge is 2.32. The van der Waals surface area contributed by atoms with E-state index in [9.17, 15) is 13.6 Å². The number of amides is 1. The number of likely N-dealkylation sites (tertiary alicyclic amines) is 1. The smallest absolute Gasteiger partial charge is 0.253 e. The number of rotatable bonds is 5. The Labute approximate surface area is 255 Å². The number of carbonyl (C=O) groups is 1. The van der Waals surface area contributed by atoms with Gasteiger partial charge in [0.2, 0.25) is 5.95 Å². The highest BCUT2D eigenvalue weighted by atomic mass is 35.5. The van der Waals surface area contributed by atoms with E-state index in [1.54, 1.807) is 36.5 Å². The Kier molecular flexibility index (Phi) is 8.57. The first-order valence-electron chi connectivity index (χ1n) is 13.7. The SMILES string of the molecule is C.CNC1(C)CCCN(C(=O)c2ccc(Nc3ncc4c(n3)-c3ccc(Cl)cc3C(c3c(F)cccc3F)=NC4)cc2)C1. The van der Waals surface area contributed by atoms with E-state index in [0.29, 0.717) is 51.2 Å². The monoisotopic (exact) mass is 602 g/mol. The van der Waals surface area contributed by atoms with E-state index in [0.717, 1.165) is 19.4 Å². The molecule has 1 atom stereocenters. The fourth-order valence-electron chi connectivity index (χ4n) is 5.55. The number of nitrogens with zero attached hydrogens (tertiary/aromatic N) is 4. The van der Waals surface area contributed by atoms with Crippen LogP contribution in [-0.4, -0.2) is 52.2 Å². The van der Waals surface area contributed by atoms with Gasteiger partial charge in [-0.15, -0.1) is 0 Å². The molecule has 6 rings (SSSR count). The van der Waals surface area contributed by atoms with E-state index in [1.165, 1.54) is 18.2 Å². The maximum atomic E-state index is 14.8. The van der Waals surface area contributed by atoms with Crippen molar-refractivity contribution in [3.05, 3.63) is 106 Å². The molecule has 3 heterocycles. The molecule has 4 aromatic rings. The number of carbonyl (C=O) groups excluding carboxylic acids is 1. The molecule has 43 heavy (non-hydrogen) atoms. The zero-order valence-corrected chi connectivity index (χ0v) is 24.0. The quantitative estimate of drug-likeness (QED) is 0.257. The number of halogens is 3. The first-order chi connectivity index (χ1) is 20.2. The van der Waals surface area contributed by atoms with Crippen LogP contribution in [0.2, 0.25) is 5.02 Å². The number of hydrogen-bond donors (Lipinski definition) is 2. The lowest BCUT2D eigenvalue weighted by molar-refractivity contribution is 0.0629. The summed E-state index contributed by atoms with van der Waals surface area (Å²) in [4.78, 5) is 28.8. The van der Waals surface area contributed by atoms with Crippen molar-refractivity contribution < 1.29 is 13.6 Å². The number of aromatic nitrogens is 2. The molecule has 1 aromatic heterocycles. The summed E-state index contributed by atoms with van der Waals surface area (Å²) in [6, 6.07) is 16.1. The average molecular weight is 603 g/mol. The van der Waals surface area contributed by atoms with E-state index in [4.69, 9.17) is 16.6 Å². The molecule has 0 aliphatic carbocycles. The van der Waals surface area contributed by atoms with Crippen LogP contribution in [0.5, 0.6) is 0 Å². The van der Waals surface area contributed by atoms with Gasteiger partial charge in [-0.05, 0) is 75.3 Å². The molecule has 1 fully saturated rings. The van der Waals surface area contributed by atoms with E-state index < -0.39 is 11.6 Å². The Morgan fingerprint density at radius 2 is 1.79 bits per heavy atom. The second kappa shape index (κ2) is 12.2. The average Bonchev–Trinajstić information content (AvgIpc) is 3.14. The molecule has 2 N–H and O–H groups in total. The molecule has 7 nitrogen and oxygen atoms in total. The number of piperidine rings is 1. The zero-order chi connectivity index (χ0) is 29.4. The summed E-state index contributed by atoms with van der Waals surface area (Å²) in [5.41, 5.74) is 3.58. The van der Waals surface area contributed by atoms with Gasteiger partial charge in [-0.25, -0.2) is 18.7 Å². The van der Waals surface area contributed by atoms with E-state index in [-0.39, 0.29) is 36.7 Å². The van der Waals surface area contributed by atoms with Crippen molar-refractivity contribution in [3.8, 4) is 11.3 Å². The third-order valence-electron chi connectivity index (χ3n) is 7.94. The number of nitrogens with one attached hydrogen (secondary N) is 2. The molecule has 0 bridgehead atoms. The predicted molar refractivity (Wildman–Crippen MR) is 167 cm³/mol. The minimum Gasteiger partial charge on any atom is -0.337 e. The number of fused-ring (bicyclic) bond motifs is 3. The van der Waals surface area contributed by atoms with Crippen molar-refractivity contribution in [1.82, 2.24) is 20.2 Å². The van der Waals surface area contributed by atoms with Gasteiger partial charge in [0.1, 0.15) is 11.6 Å². The summed E-state index contributed by atoms with van der Waals surface area (Å²) in [7, 11) is 1.93. The second-order valence-electron chi connectivity index (χ2n) is 10.9. The Morgan fingerprint density at radius 3 is 2.51 bits per heavy atom. The van der Waals surface area contributed by atoms with E-state index >= 15 is 0 Å². The molecular formula is C33H33ClF2N6O. The van der Waals surface area contributed by atoms with Gasteiger partial charge in [0.15, 0.2) is 0 Å². The molecule has 1 amide bonds. The van der Waals surface area contributed by atoms with Crippen LogP contribution in [0.3, 0.4) is 0 Å². The molecule has 0 radical (unpaired) electrons. The molecule has 10 heteroatoms. The van der Waals surface area contributed by atoms with Crippen LogP contribution < -0.4 is 10.6 Å². The summed E-state index contributed by atoms with van der Waals surface area (Å²) in [6.45, 7) is 3.66. The fraction of sp³-hybridized carbons (Fsp3) is 0.273. The highest BCUT2D eigenvalue weighted by Crippen LogP contribution is 2.35. The number of anilines is 2. The molecule has 0 spiro atoms. The van der Waals surface area contributed by atoms with Gasteiger partial charge in [0.05, 0.1) is 23.5 Å². The Morgan fingerprint density at radius 1 is 1.05 bits per heavy atom. The molecule has 222 valence electrons. The Hall–Kier alpha value is -4.21. The van der Waals surface area contributed by atoms with Gasteiger partial charge >= 0.3 is 0 Å². The van der Waals surface area contributed by atoms with Crippen LogP contribution in [0.1, 0.15) is 54.2 Å². The van der Waals surface area contributed by atoms with Crippen molar-refractivity contribution in [2.24, 2.45) is 4.99 Å². The van der Waals surface area contributed by atoms with Crippen LogP contribution >= 0.6 is 11.6 Å². The maximum absolute atomic E-state index is 14.8. The highest BCUT2D eigenvalue weighted by molar-refractivity contribution is 6.31. The number of benzene rings is 3. The van der Waals surface area contributed by atoms with Crippen molar-refractivity contribution in [1.29, 1.82) is 0 Å². The maximum Gasteiger partial charge on any atom is 0.253 e. The summed E-state index contributed by atoms with van der Waals surface area (Å²) < 4.78 is 29.6. The van der Waals surface area contributed by atoms with Gasteiger partial charge in [-0.1, -0.05) is 31.2 Å².